The third-order valence-corrected chi connectivity index (χ3v) is 2.52. The van der Waals surface area contributed by atoms with Gasteiger partial charge in [0, 0.05) is 12.6 Å². The summed E-state index contributed by atoms with van der Waals surface area (Å²) in [5.41, 5.74) is 1.30. The van der Waals surface area contributed by atoms with Gasteiger partial charge in [-0.25, -0.2) is 0 Å². The predicted molar refractivity (Wildman–Crippen MR) is 70.4 cm³/mol. The summed E-state index contributed by atoms with van der Waals surface area (Å²) in [6, 6.07) is 10.6. The quantitative estimate of drug-likeness (QED) is 0.829. The number of hydrogen-bond donors (Lipinski definition) is 1. The molecule has 2 heteroatoms. The van der Waals surface area contributed by atoms with Crippen molar-refractivity contribution in [2.24, 2.45) is 0 Å². The Kier molecular flexibility index (Phi) is 8.87. The van der Waals surface area contributed by atoms with E-state index < -0.39 is 0 Å². The van der Waals surface area contributed by atoms with Crippen LogP contribution in [0.1, 0.15) is 33.3 Å². The van der Waals surface area contributed by atoms with E-state index in [4.69, 9.17) is 5.11 Å². The maximum absolute atomic E-state index is 9.07. The minimum atomic E-state index is 0.223. The molecular formula is C14H25NO. The van der Waals surface area contributed by atoms with Gasteiger partial charge in [0.05, 0.1) is 6.61 Å². The monoisotopic (exact) mass is 223 g/mol. The molecule has 0 radical (unpaired) electrons. The third kappa shape index (κ3) is 5.29. The molecule has 16 heavy (non-hydrogen) atoms. The fourth-order valence-electron chi connectivity index (χ4n) is 1.51. The van der Waals surface area contributed by atoms with Crippen molar-refractivity contribution < 1.29 is 5.11 Å². The first-order valence-corrected chi connectivity index (χ1v) is 6.16. The van der Waals surface area contributed by atoms with Crippen molar-refractivity contribution in [3.63, 3.8) is 0 Å². The zero-order valence-corrected chi connectivity index (χ0v) is 11.0. The van der Waals surface area contributed by atoms with E-state index in [0.29, 0.717) is 0 Å². The highest BCUT2D eigenvalue weighted by molar-refractivity contribution is 5.14. The molecule has 0 aliphatic carbocycles. The summed E-state index contributed by atoms with van der Waals surface area (Å²) >= 11 is 0. The fourth-order valence-corrected chi connectivity index (χ4v) is 1.51. The van der Waals surface area contributed by atoms with Crippen molar-refractivity contribution >= 4 is 0 Å². The lowest BCUT2D eigenvalue weighted by Gasteiger charge is -2.26. The Morgan fingerprint density at radius 3 is 2.19 bits per heavy atom. The highest BCUT2D eigenvalue weighted by Gasteiger charge is 2.10. The van der Waals surface area contributed by atoms with Crippen molar-refractivity contribution in [1.29, 1.82) is 0 Å². The molecule has 1 aromatic rings. The zero-order chi connectivity index (χ0) is 12.4. The molecule has 2 nitrogen and oxygen atoms in total. The van der Waals surface area contributed by atoms with Gasteiger partial charge in [-0.15, -0.1) is 0 Å². The highest BCUT2D eigenvalue weighted by Crippen LogP contribution is 2.07. The molecule has 0 saturated heterocycles. The maximum Gasteiger partial charge on any atom is 0.0584 e. The van der Waals surface area contributed by atoms with Crippen LogP contribution in [0.4, 0.5) is 0 Å². The van der Waals surface area contributed by atoms with E-state index in [1.165, 1.54) is 5.56 Å². The summed E-state index contributed by atoms with van der Waals surface area (Å²) in [5.74, 6) is 0. The maximum atomic E-state index is 9.07. The van der Waals surface area contributed by atoms with Crippen LogP contribution in [0.2, 0.25) is 0 Å². The summed E-state index contributed by atoms with van der Waals surface area (Å²) in [6.45, 7) is 10.3. The van der Waals surface area contributed by atoms with Gasteiger partial charge in [0.25, 0.3) is 0 Å². The standard InChI is InChI=1S/C12H19NO.C2H6/c1-3-13(11(2)10-14)9-12-7-5-4-6-8-12;1-2/h4-8,11,14H,3,9-10H2,1-2H3;1-2H3. The number of hydrogen-bond acceptors (Lipinski definition) is 2. The predicted octanol–water partition coefficient (Wildman–Crippen LogP) is 2.92. The molecule has 0 aliphatic heterocycles. The summed E-state index contributed by atoms with van der Waals surface area (Å²) in [7, 11) is 0. The lowest BCUT2D eigenvalue weighted by atomic mass is 10.2. The Labute approximate surface area is 99.9 Å². The van der Waals surface area contributed by atoms with Crippen LogP contribution >= 0.6 is 0 Å². The molecule has 0 bridgehead atoms. The molecule has 1 aromatic carbocycles. The molecule has 0 saturated carbocycles. The number of benzene rings is 1. The van der Waals surface area contributed by atoms with E-state index in [9.17, 15) is 0 Å². The molecule has 1 unspecified atom stereocenters. The molecule has 1 rings (SSSR count). The van der Waals surface area contributed by atoms with E-state index >= 15 is 0 Å². The van der Waals surface area contributed by atoms with Crippen molar-refractivity contribution in [3.05, 3.63) is 35.9 Å². The van der Waals surface area contributed by atoms with Crippen molar-refractivity contribution in [3.8, 4) is 0 Å². The van der Waals surface area contributed by atoms with Gasteiger partial charge in [-0.3, -0.25) is 4.90 Å². The van der Waals surface area contributed by atoms with Gasteiger partial charge in [-0.2, -0.15) is 0 Å². The van der Waals surface area contributed by atoms with Gasteiger partial charge in [-0.05, 0) is 19.0 Å². The number of nitrogens with zero attached hydrogens (tertiary/aromatic N) is 1. The van der Waals surface area contributed by atoms with Gasteiger partial charge < -0.3 is 5.11 Å². The van der Waals surface area contributed by atoms with Crippen LogP contribution in [0.15, 0.2) is 30.3 Å². The van der Waals surface area contributed by atoms with Crippen LogP contribution in [0, 0.1) is 0 Å². The Bertz CT molecular complexity index is 248. The Hall–Kier alpha value is -0.860. The average Bonchev–Trinajstić information content (AvgIpc) is 2.38. The van der Waals surface area contributed by atoms with Gasteiger partial charge in [-0.1, -0.05) is 51.1 Å². The van der Waals surface area contributed by atoms with Crippen molar-refractivity contribution in [1.82, 2.24) is 4.90 Å². The number of aliphatic hydroxyl groups excluding tert-OH is 1. The van der Waals surface area contributed by atoms with Gasteiger partial charge >= 0.3 is 0 Å². The SMILES string of the molecule is CC.CCN(Cc1ccccc1)C(C)CO. The minimum Gasteiger partial charge on any atom is -0.395 e. The van der Waals surface area contributed by atoms with E-state index in [0.717, 1.165) is 13.1 Å². The first-order valence-electron chi connectivity index (χ1n) is 6.16. The van der Waals surface area contributed by atoms with E-state index in [1.807, 2.05) is 39.0 Å². The van der Waals surface area contributed by atoms with Crippen LogP contribution in [-0.4, -0.2) is 29.2 Å². The second-order valence-electron chi connectivity index (χ2n) is 3.58. The third-order valence-electron chi connectivity index (χ3n) is 2.52. The molecule has 1 N–H and O–H groups in total. The number of aliphatic hydroxyl groups is 1. The summed E-state index contributed by atoms with van der Waals surface area (Å²) in [4.78, 5) is 2.26. The minimum absolute atomic E-state index is 0.223. The lowest BCUT2D eigenvalue weighted by Crippen LogP contribution is -2.34. The molecule has 0 spiro atoms. The molecular weight excluding hydrogens is 198 g/mol. The first kappa shape index (κ1) is 15.1. The number of rotatable bonds is 5. The van der Waals surface area contributed by atoms with Crippen molar-refractivity contribution in [2.75, 3.05) is 13.2 Å². The fraction of sp³-hybridized carbons (Fsp3) is 0.571. The normalized spacial score (nSPS) is 11.9. The Balaban J connectivity index is 0.00000106. The van der Waals surface area contributed by atoms with Gasteiger partial charge in [0.15, 0.2) is 0 Å². The zero-order valence-electron chi connectivity index (χ0n) is 11.0. The Morgan fingerprint density at radius 2 is 1.75 bits per heavy atom. The summed E-state index contributed by atoms with van der Waals surface area (Å²) in [5, 5.41) is 9.07. The van der Waals surface area contributed by atoms with E-state index in [-0.39, 0.29) is 12.6 Å². The topological polar surface area (TPSA) is 23.5 Å². The Morgan fingerprint density at radius 1 is 1.19 bits per heavy atom. The molecule has 0 fully saturated rings. The lowest BCUT2D eigenvalue weighted by molar-refractivity contribution is 0.133. The average molecular weight is 223 g/mol. The van der Waals surface area contributed by atoms with E-state index in [2.05, 4.69) is 24.0 Å². The molecule has 0 aromatic heterocycles. The largest absolute Gasteiger partial charge is 0.395 e. The summed E-state index contributed by atoms with van der Waals surface area (Å²) in [6.07, 6.45) is 0. The molecule has 1 atom stereocenters. The highest BCUT2D eigenvalue weighted by atomic mass is 16.3. The van der Waals surface area contributed by atoms with Crippen LogP contribution in [-0.2, 0) is 6.54 Å². The smallest absolute Gasteiger partial charge is 0.0584 e. The molecule has 0 heterocycles. The van der Waals surface area contributed by atoms with Crippen LogP contribution < -0.4 is 0 Å². The molecule has 0 aliphatic rings. The van der Waals surface area contributed by atoms with Crippen LogP contribution in [0.3, 0.4) is 0 Å². The number of likely N-dealkylation sites (N-methyl/N-ethyl adjacent to an activating group) is 1. The van der Waals surface area contributed by atoms with Gasteiger partial charge in [0.2, 0.25) is 0 Å². The van der Waals surface area contributed by atoms with Crippen LogP contribution in [0.5, 0.6) is 0 Å². The second kappa shape index (κ2) is 9.37. The second-order valence-corrected chi connectivity index (χ2v) is 3.58. The van der Waals surface area contributed by atoms with E-state index in [1.54, 1.807) is 0 Å². The first-order chi connectivity index (χ1) is 7.77. The molecule has 92 valence electrons. The summed E-state index contributed by atoms with van der Waals surface area (Å²) < 4.78 is 0. The molecule has 0 amide bonds. The van der Waals surface area contributed by atoms with Gasteiger partial charge in [0.1, 0.15) is 0 Å². The van der Waals surface area contributed by atoms with Crippen LogP contribution in [0.25, 0.3) is 0 Å². The van der Waals surface area contributed by atoms with Crippen molar-refractivity contribution in [2.45, 2.75) is 40.3 Å².